The van der Waals surface area contributed by atoms with Crippen molar-refractivity contribution in [3.05, 3.63) is 0 Å². The quantitative estimate of drug-likeness (QED) is 0.645. The first-order chi connectivity index (χ1) is 6.68. The van der Waals surface area contributed by atoms with E-state index in [1.165, 1.54) is 0 Å². The van der Waals surface area contributed by atoms with Crippen LogP contribution in [0.1, 0.15) is 6.42 Å². The largest absolute Gasteiger partial charge is 0.360 e. The second-order valence-electron chi connectivity index (χ2n) is 4.92. The molecule has 5 atom stereocenters. The van der Waals surface area contributed by atoms with Gasteiger partial charge >= 0.3 is 0 Å². The molecule has 14 heavy (non-hydrogen) atoms. The maximum atomic E-state index is 8.49. The number of likely N-dealkylation sites (tertiary alicyclic amines) is 1. The van der Waals surface area contributed by atoms with E-state index >= 15 is 0 Å². The van der Waals surface area contributed by atoms with Gasteiger partial charge in [0.25, 0.3) is 0 Å². The van der Waals surface area contributed by atoms with Gasteiger partial charge in [0.05, 0.1) is 12.2 Å². The zero-order valence-electron chi connectivity index (χ0n) is 8.31. The van der Waals surface area contributed by atoms with Gasteiger partial charge in [-0.05, 0) is 19.4 Å². The molecule has 3 fully saturated rings. The van der Waals surface area contributed by atoms with Crippen LogP contribution in [0, 0.1) is 23.2 Å². The number of nitrogens with two attached hydrogens (primary N) is 1. The molecule has 2 aliphatic carbocycles. The van der Waals surface area contributed by atoms with Crippen molar-refractivity contribution < 1.29 is 4.74 Å². The van der Waals surface area contributed by atoms with Crippen LogP contribution in [-0.2, 0) is 4.74 Å². The van der Waals surface area contributed by atoms with Crippen molar-refractivity contribution in [1.29, 1.82) is 5.26 Å². The summed E-state index contributed by atoms with van der Waals surface area (Å²) in [5.74, 6) is 1.42. The highest BCUT2D eigenvalue weighted by Gasteiger charge is 2.74. The molecule has 0 aromatic rings. The van der Waals surface area contributed by atoms with Crippen molar-refractivity contribution in [3.63, 3.8) is 0 Å². The lowest BCUT2D eigenvalue weighted by atomic mass is 9.46. The van der Waals surface area contributed by atoms with Crippen molar-refractivity contribution in [2.45, 2.75) is 24.1 Å². The third-order valence-electron chi connectivity index (χ3n) is 4.31. The van der Waals surface area contributed by atoms with Crippen LogP contribution in [-0.4, -0.2) is 42.8 Å². The van der Waals surface area contributed by atoms with Crippen LogP contribution in [0.2, 0.25) is 0 Å². The minimum atomic E-state index is -0.100. The van der Waals surface area contributed by atoms with Crippen LogP contribution in [0.25, 0.3) is 0 Å². The highest BCUT2D eigenvalue weighted by molar-refractivity contribution is 5.30. The molecule has 3 rings (SSSR count). The molecule has 3 aliphatic rings. The summed E-state index contributed by atoms with van der Waals surface area (Å²) < 4.78 is 5.54. The predicted molar refractivity (Wildman–Crippen MR) is 50.3 cm³/mol. The van der Waals surface area contributed by atoms with Gasteiger partial charge in [-0.3, -0.25) is 0 Å². The number of rotatable bonds is 2. The third-order valence-corrected chi connectivity index (χ3v) is 4.31. The molecule has 0 spiro atoms. The van der Waals surface area contributed by atoms with Gasteiger partial charge in [-0.2, -0.15) is 5.26 Å². The molecule has 1 heterocycles. The van der Waals surface area contributed by atoms with Gasteiger partial charge in [-0.1, -0.05) is 0 Å². The Hall–Kier alpha value is -0.630. The minimum absolute atomic E-state index is 0.0934. The van der Waals surface area contributed by atoms with E-state index in [2.05, 4.69) is 11.9 Å². The number of likely N-dealkylation sites (N-methyl/N-ethyl adjacent to an activating group) is 1. The molecule has 0 aromatic carbocycles. The molecular formula is C10H15N3O. The first kappa shape index (κ1) is 8.66. The summed E-state index contributed by atoms with van der Waals surface area (Å²) in [4.78, 5) is 2.34. The van der Waals surface area contributed by atoms with Gasteiger partial charge in [0.1, 0.15) is 6.61 Å². The zero-order chi connectivity index (χ0) is 9.92. The fraction of sp³-hybridized carbons (Fsp3) is 0.900. The first-order valence-electron chi connectivity index (χ1n) is 5.16. The van der Waals surface area contributed by atoms with Crippen LogP contribution in [0.5, 0.6) is 0 Å². The molecule has 0 aromatic heterocycles. The van der Waals surface area contributed by atoms with Gasteiger partial charge in [0, 0.05) is 24.0 Å². The Morgan fingerprint density at radius 2 is 2.50 bits per heavy atom. The number of hydrogen-bond acceptors (Lipinski definition) is 4. The molecular weight excluding hydrogens is 178 g/mol. The summed E-state index contributed by atoms with van der Waals surface area (Å²) >= 11 is 0. The van der Waals surface area contributed by atoms with E-state index in [1.54, 1.807) is 0 Å². The van der Waals surface area contributed by atoms with Crippen LogP contribution < -0.4 is 5.73 Å². The lowest BCUT2D eigenvalue weighted by molar-refractivity contribution is -0.187. The second kappa shape index (κ2) is 2.48. The fourth-order valence-electron chi connectivity index (χ4n) is 3.84. The van der Waals surface area contributed by atoms with Crippen molar-refractivity contribution >= 4 is 0 Å². The number of nitriles is 1. The topological polar surface area (TPSA) is 62.3 Å². The molecule has 4 nitrogen and oxygen atoms in total. The van der Waals surface area contributed by atoms with Crippen molar-refractivity contribution in [1.82, 2.24) is 4.90 Å². The highest BCUT2D eigenvalue weighted by Crippen LogP contribution is 2.62. The van der Waals surface area contributed by atoms with E-state index in [0.29, 0.717) is 12.0 Å². The lowest BCUT2D eigenvalue weighted by Gasteiger charge is -2.65. The molecule has 1 saturated heterocycles. The highest BCUT2D eigenvalue weighted by atomic mass is 16.5. The Balaban J connectivity index is 1.77. The van der Waals surface area contributed by atoms with E-state index in [0.717, 1.165) is 18.9 Å². The minimum Gasteiger partial charge on any atom is -0.360 e. The molecule has 0 radical (unpaired) electrons. The third kappa shape index (κ3) is 0.750. The second-order valence-corrected chi connectivity index (χ2v) is 4.92. The Bertz CT molecular complexity index is 313. The standard InChI is InChI=1S/C10H15N3O/c1-13-5-6-4-10(12)7(6)8(13)9(10)14-3-2-11/h6-9H,3-5,12H2,1H3/t6?,7?,8-,9?,10?/m0/s1. The number of ether oxygens (including phenoxy) is 1. The monoisotopic (exact) mass is 193 g/mol. The molecule has 0 bridgehead atoms. The average molecular weight is 193 g/mol. The van der Waals surface area contributed by atoms with E-state index in [9.17, 15) is 0 Å². The Labute approximate surface area is 83.6 Å². The normalized spacial score (nSPS) is 54.4. The van der Waals surface area contributed by atoms with Gasteiger partial charge in [0.15, 0.2) is 0 Å². The molecule has 1 aliphatic heterocycles. The van der Waals surface area contributed by atoms with Crippen LogP contribution in [0.15, 0.2) is 0 Å². The molecule has 76 valence electrons. The zero-order valence-corrected chi connectivity index (χ0v) is 8.31. The molecule has 4 heteroatoms. The molecule has 0 amide bonds. The lowest BCUT2D eigenvalue weighted by Crippen LogP contribution is -2.82. The smallest absolute Gasteiger partial charge is 0.134 e. The van der Waals surface area contributed by atoms with Gasteiger partial charge in [0.2, 0.25) is 0 Å². The summed E-state index contributed by atoms with van der Waals surface area (Å²) in [7, 11) is 2.13. The number of hydrogen-bond donors (Lipinski definition) is 1. The summed E-state index contributed by atoms with van der Waals surface area (Å²) in [6.45, 7) is 1.33. The van der Waals surface area contributed by atoms with Crippen LogP contribution in [0.4, 0.5) is 0 Å². The Morgan fingerprint density at radius 1 is 1.71 bits per heavy atom. The van der Waals surface area contributed by atoms with Gasteiger partial charge < -0.3 is 15.4 Å². The fourth-order valence-corrected chi connectivity index (χ4v) is 3.84. The average Bonchev–Trinajstić information content (AvgIpc) is 2.31. The summed E-state index contributed by atoms with van der Waals surface area (Å²) in [6, 6.07) is 2.50. The van der Waals surface area contributed by atoms with Gasteiger partial charge in [-0.15, -0.1) is 0 Å². The van der Waals surface area contributed by atoms with Crippen molar-refractivity contribution in [2.24, 2.45) is 17.6 Å². The SMILES string of the molecule is CN1CC2CC3(N)C(OCC#N)[C@@H]1C23. The van der Waals surface area contributed by atoms with Crippen molar-refractivity contribution in [3.8, 4) is 6.07 Å². The summed E-state index contributed by atoms with van der Waals surface area (Å²) in [5, 5.41) is 8.49. The van der Waals surface area contributed by atoms with E-state index in [-0.39, 0.29) is 18.2 Å². The van der Waals surface area contributed by atoms with Crippen LogP contribution >= 0.6 is 0 Å². The Kier molecular flexibility index (Phi) is 1.54. The summed E-state index contributed by atoms with van der Waals surface area (Å²) in [5.41, 5.74) is 6.16. The number of nitrogens with zero attached hydrogens (tertiary/aromatic N) is 2. The van der Waals surface area contributed by atoms with E-state index in [4.69, 9.17) is 15.7 Å². The van der Waals surface area contributed by atoms with E-state index in [1.807, 2.05) is 6.07 Å². The Morgan fingerprint density at radius 3 is 3.21 bits per heavy atom. The predicted octanol–water partition coefficient (Wildman–Crippen LogP) is -0.444. The molecule has 2 saturated carbocycles. The maximum Gasteiger partial charge on any atom is 0.134 e. The maximum absolute atomic E-state index is 8.49. The first-order valence-corrected chi connectivity index (χ1v) is 5.16. The van der Waals surface area contributed by atoms with E-state index < -0.39 is 0 Å². The van der Waals surface area contributed by atoms with Gasteiger partial charge in [-0.25, -0.2) is 0 Å². The summed E-state index contributed by atoms with van der Waals surface area (Å²) in [6.07, 6.45) is 1.17. The molecule has 4 unspecified atom stereocenters. The molecule has 2 N–H and O–H groups in total. The van der Waals surface area contributed by atoms with Crippen molar-refractivity contribution in [2.75, 3.05) is 20.2 Å². The van der Waals surface area contributed by atoms with Crippen LogP contribution in [0.3, 0.4) is 0 Å².